The maximum atomic E-state index is 6.15. The van der Waals surface area contributed by atoms with Gasteiger partial charge in [0.25, 0.3) is 0 Å². The quantitative estimate of drug-likeness (QED) is 0.813. The summed E-state index contributed by atoms with van der Waals surface area (Å²) < 4.78 is 1.55. The fraction of sp³-hybridized carbons (Fsp3) is 0.786. The Morgan fingerprint density at radius 1 is 1.06 bits per heavy atom. The Balaban J connectivity index is 3.34. The van der Waals surface area contributed by atoms with Crippen molar-refractivity contribution >= 4 is 5.82 Å². The van der Waals surface area contributed by atoms with Gasteiger partial charge in [-0.05, 0) is 11.8 Å². The fourth-order valence-electron chi connectivity index (χ4n) is 2.64. The molecule has 0 aliphatic rings. The Labute approximate surface area is 111 Å². The van der Waals surface area contributed by atoms with E-state index in [0.29, 0.717) is 23.6 Å². The van der Waals surface area contributed by atoms with E-state index in [4.69, 9.17) is 16.6 Å². The summed E-state index contributed by atoms with van der Waals surface area (Å²) in [5.74, 6) is 8.84. The number of anilines is 1. The minimum Gasteiger partial charge on any atom is -0.382 e. The Hall–Kier alpha value is -1.19. The maximum Gasteiger partial charge on any atom is 0.146 e. The van der Waals surface area contributed by atoms with Crippen molar-refractivity contribution < 1.29 is 0 Å². The first kappa shape index (κ1) is 14.9. The largest absolute Gasteiger partial charge is 0.382 e. The molecule has 1 aromatic rings. The predicted molar refractivity (Wildman–Crippen MR) is 77.9 cm³/mol. The van der Waals surface area contributed by atoms with Gasteiger partial charge in [-0.1, -0.05) is 48.5 Å². The molecule has 4 N–H and O–H groups in total. The lowest BCUT2D eigenvalue weighted by Crippen LogP contribution is -2.24. The number of hydrogen-bond acceptors (Lipinski definition) is 3. The molecule has 1 aromatic heterocycles. The Bertz CT molecular complexity index is 402. The molecule has 0 amide bonds. The second-order valence-corrected chi connectivity index (χ2v) is 6.84. The summed E-state index contributed by atoms with van der Waals surface area (Å²) in [4.78, 5) is 4.74. The molecule has 0 radical (unpaired) electrons. The minimum absolute atomic E-state index is 0.0976. The molecule has 0 spiro atoms. The van der Waals surface area contributed by atoms with Crippen LogP contribution < -0.4 is 11.6 Å². The average molecular weight is 252 g/mol. The van der Waals surface area contributed by atoms with Gasteiger partial charge in [-0.15, -0.1) is 0 Å². The first-order valence-corrected chi connectivity index (χ1v) is 6.71. The van der Waals surface area contributed by atoms with E-state index in [2.05, 4.69) is 48.5 Å². The van der Waals surface area contributed by atoms with Gasteiger partial charge in [0, 0.05) is 11.3 Å². The lowest BCUT2D eigenvalue weighted by atomic mass is 9.83. The van der Waals surface area contributed by atoms with Crippen LogP contribution in [0, 0.1) is 11.8 Å². The normalized spacial score (nSPS) is 13.0. The van der Waals surface area contributed by atoms with Crippen LogP contribution >= 0.6 is 0 Å². The molecule has 1 rings (SSSR count). The molecule has 4 heteroatoms. The van der Waals surface area contributed by atoms with Crippen molar-refractivity contribution in [1.29, 1.82) is 0 Å². The average Bonchev–Trinajstić information content (AvgIpc) is 2.44. The molecule has 0 atom stereocenters. The van der Waals surface area contributed by atoms with Crippen molar-refractivity contribution in [2.45, 2.75) is 59.8 Å². The third-order valence-electron chi connectivity index (χ3n) is 3.40. The van der Waals surface area contributed by atoms with Crippen LogP contribution in [0.5, 0.6) is 0 Å². The summed E-state index contributed by atoms with van der Waals surface area (Å²) in [7, 11) is 0. The van der Waals surface area contributed by atoms with E-state index in [-0.39, 0.29) is 5.41 Å². The zero-order valence-electron chi connectivity index (χ0n) is 12.8. The van der Waals surface area contributed by atoms with Crippen LogP contribution in [0.1, 0.15) is 65.9 Å². The number of hydrogen-bond donors (Lipinski definition) is 2. The van der Waals surface area contributed by atoms with Gasteiger partial charge in [-0.3, -0.25) is 0 Å². The van der Waals surface area contributed by atoms with Crippen LogP contribution in [0.4, 0.5) is 5.82 Å². The molecule has 4 nitrogen and oxygen atoms in total. The molecule has 1 heterocycles. The summed E-state index contributed by atoms with van der Waals surface area (Å²) >= 11 is 0. The molecule has 0 unspecified atom stereocenters. The predicted octanol–water partition coefficient (Wildman–Crippen LogP) is 2.87. The third-order valence-corrected chi connectivity index (χ3v) is 3.40. The highest BCUT2D eigenvalue weighted by Gasteiger charge is 2.30. The van der Waals surface area contributed by atoms with Crippen LogP contribution in [0.2, 0.25) is 0 Å². The smallest absolute Gasteiger partial charge is 0.146 e. The second-order valence-electron chi connectivity index (χ2n) is 6.84. The van der Waals surface area contributed by atoms with Crippen molar-refractivity contribution in [2.24, 2.45) is 11.8 Å². The SMILES string of the molecule is CC(C)C(c1nc(C(C)(C)C)n(N)c1N)C(C)C. The van der Waals surface area contributed by atoms with Crippen LogP contribution in [0.15, 0.2) is 0 Å². The highest BCUT2D eigenvalue weighted by atomic mass is 15.4. The van der Waals surface area contributed by atoms with E-state index in [1.807, 2.05) is 0 Å². The van der Waals surface area contributed by atoms with Gasteiger partial charge in [0.1, 0.15) is 11.6 Å². The number of aromatic nitrogens is 2. The lowest BCUT2D eigenvalue weighted by molar-refractivity contribution is 0.380. The molecule has 104 valence electrons. The third kappa shape index (κ3) is 2.62. The first-order chi connectivity index (χ1) is 8.07. The van der Waals surface area contributed by atoms with Crippen molar-refractivity contribution in [3.05, 3.63) is 11.5 Å². The molecule has 18 heavy (non-hydrogen) atoms. The Morgan fingerprint density at radius 2 is 1.50 bits per heavy atom. The maximum absolute atomic E-state index is 6.15. The van der Waals surface area contributed by atoms with Gasteiger partial charge in [0.15, 0.2) is 0 Å². The van der Waals surface area contributed by atoms with E-state index in [0.717, 1.165) is 11.5 Å². The van der Waals surface area contributed by atoms with E-state index >= 15 is 0 Å². The van der Waals surface area contributed by atoms with Gasteiger partial charge >= 0.3 is 0 Å². The van der Waals surface area contributed by atoms with Crippen LogP contribution in [0.3, 0.4) is 0 Å². The van der Waals surface area contributed by atoms with Crippen molar-refractivity contribution in [3.8, 4) is 0 Å². The van der Waals surface area contributed by atoms with Crippen LogP contribution in [-0.2, 0) is 5.41 Å². The van der Waals surface area contributed by atoms with E-state index < -0.39 is 0 Å². The number of rotatable bonds is 3. The van der Waals surface area contributed by atoms with Crippen LogP contribution in [0.25, 0.3) is 0 Å². The van der Waals surface area contributed by atoms with Crippen molar-refractivity contribution in [1.82, 2.24) is 9.66 Å². The van der Waals surface area contributed by atoms with E-state index in [1.54, 1.807) is 4.68 Å². The summed E-state index contributed by atoms with van der Waals surface area (Å²) in [5, 5.41) is 0. The van der Waals surface area contributed by atoms with Gasteiger partial charge in [-0.25, -0.2) is 9.66 Å². The van der Waals surface area contributed by atoms with Crippen molar-refractivity contribution in [2.75, 3.05) is 11.6 Å². The lowest BCUT2D eigenvalue weighted by Gasteiger charge is -2.23. The Kier molecular flexibility index (Phi) is 3.99. The van der Waals surface area contributed by atoms with Gasteiger partial charge in [0.05, 0.1) is 5.69 Å². The number of nitrogens with two attached hydrogens (primary N) is 2. The molecule has 0 bridgehead atoms. The number of nitrogen functional groups attached to an aromatic ring is 2. The summed E-state index contributed by atoms with van der Waals surface area (Å²) in [6.07, 6.45) is 0. The molecule has 0 aromatic carbocycles. The van der Waals surface area contributed by atoms with Gasteiger partial charge in [0.2, 0.25) is 0 Å². The molecule has 0 saturated heterocycles. The van der Waals surface area contributed by atoms with Crippen LogP contribution in [-0.4, -0.2) is 9.66 Å². The molecule has 0 saturated carbocycles. The van der Waals surface area contributed by atoms with E-state index in [1.165, 1.54) is 0 Å². The molecule has 0 aliphatic carbocycles. The highest BCUT2D eigenvalue weighted by Crippen LogP contribution is 2.36. The zero-order chi connectivity index (χ0) is 14.2. The Morgan fingerprint density at radius 3 is 1.78 bits per heavy atom. The molecular weight excluding hydrogens is 224 g/mol. The molecule has 0 aliphatic heterocycles. The summed E-state index contributed by atoms with van der Waals surface area (Å²) in [5.41, 5.74) is 7.01. The fourth-order valence-corrected chi connectivity index (χ4v) is 2.64. The summed E-state index contributed by atoms with van der Waals surface area (Å²) in [6.45, 7) is 15.1. The second kappa shape index (κ2) is 4.82. The van der Waals surface area contributed by atoms with Gasteiger partial charge < -0.3 is 11.6 Å². The number of imidazole rings is 1. The number of nitrogens with zero attached hydrogens (tertiary/aromatic N) is 2. The minimum atomic E-state index is -0.0976. The summed E-state index contributed by atoms with van der Waals surface area (Å²) in [6, 6.07) is 0. The van der Waals surface area contributed by atoms with E-state index in [9.17, 15) is 0 Å². The van der Waals surface area contributed by atoms with Gasteiger partial charge in [-0.2, -0.15) is 0 Å². The molecule has 0 fully saturated rings. The van der Waals surface area contributed by atoms with Crippen molar-refractivity contribution in [3.63, 3.8) is 0 Å². The topological polar surface area (TPSA) is 69.9 Å². The molecular formula is C14H28N4. The highest BCUT2D eigenvalue weighted by molar-refractivity contribution is 5.42. The standard InChI is InChI=1S/C14H28N4/c1-8(2)10(9(3)4)11-12(15)18(16)13(17-11)14(5,6)7/h8-10H,15-16H2,1-7H3. The zero-order valence-corrected chi connectivity index (χ0v) is 12.8. The monoisotopic (exact) mass is 252 g/mol. The first-order valence-electron chi connectivity index (χ1n) is 6.71.